The van der Waals surface area contributed by atoms with Crippen LogP contribution in [0, 0.1) is 0 Å². The van der Waals surface area contributed by atoms with Crippen LogP contribution in [-0.4, -0.2) is 22.0 Å². The first-order valence-corrected chi connectivity index (χ1v) is 7.55. The molecule has 4 nitrogen and oxygen atoms in total. The lowest BCUT2D eigenvalue weighted by molar-refractivity contribution is 0.755. The number of aromatic nitrogens is 3. The largest absolute Gasteiger partial charge is 0.373 e. The third-order valence-electron chi connectivity index (χ3n) is 2.40. The summed E-state index contributed by atoms with van der Waals surface area (Å²) in [5, 5.41) is 4.88. The highest BCUT2D eigenvalue weighted by molar-refractivity contribution is 9.10. The fourth-order valence-corrected chi connectivity index (χ4v) is 2.41. The molecule has 0 spiro atoms. The van der Waals surface area contributed by atoms with E-state index in [-0.39, 0.29) is 0 Å². The molecule has 1 N–H and O–H groups in total. The Kier molecular flexibility index (Phi) is 4.76. The van der Waals surface area contributed by atoms with Crippen LogP contribution in [0.5, 0.6) is 0 Å². The molecule has 0 fully saturated rings. The minimum absolute atomic E-state index is 0.297. The molecule has 0 atom stereocenters. The zero-order chi connectivity index (χ0) is 13.8. The van der Waals surface area contributed by atoms with Crippen LogP contribution < -0.4 is 5.32 Å². The average Bonchev–Trinajstić information content (AvgIpc) is 2.41. The minimum atomic E-state index is 0.297. The molecule has 2 aromatic rings. The summed E-state index contributed by atoms with van der Waals surface area (Å²) in [4.78, 5) is 13.3. The molecule has 0 aromatic carbocycles. The number of hydrogen-bond acceptors (Lipinski definition) is 5. The molecule has 2 aromatic heterocycles. The van der Waals surface area contributed by atoms with Crippen LogP contribution in [0.4, 0.5) is 5.82 Å². The van der Waals surface area contributed by atoms with E-state index in [9.17, 15) is 0 Å². The lowest BCUT2D eigenvalue weighted by Gasteiger charge is -2.09. The van der Waals surface area contributed by atoms with E-state index in [0.29, 0.717) is 5.92 Å². The number of halogens is 1. The van der Waals surface area contributed by atoms with Gasteiger partial charge in [-0.05, 0) is 39.8 Å². The summed E-state index contributed by atoms with van der Waals surface area (Å²) in [7, 11) is 1.86. The van der Waals surface area contributed by atoms with E-state index in [1.54, 1.807) is 6.20 Å². The Labute approximate surface area is 125 Å². The maximum atomic E-state index is 4.56. The van der Waals surface area contributed by atoms with E-state index in [1.165, 1.54) is 11.8 Å². The molecule has 2 rings (SSSR count). The summed E-state index contributed by atoms with van der Waals surface area (Å²) in [6, 6.07) is 5.87. The molecule has 0 saturated heterocycles. The number of nitrogens with zero attached hydrogens (tertiary/aromatic N) is 3. The highest BCUT2D eigenvalue weighted by Crippen LogP contribution is 2.27. The van der Waals surface area contributed by atoms with Crippen molar-refractivity contribution in [2.24, 2.45) is 0 Å². The Morgan fingerprint density at radius 2 is 2.00 bits per heavy atom. The molecule has 0 aliphatic rings. The van der Waals surface area contributed by atoms with Crippen LogP contribution in [0.2, 0.25) is 0 Å². The molecule has 0 saturated carbocycles. The molecule has 0 amide bonds. The molecular formula is C13H15BrN4S. The Morgan fingerprint density at radius 1 is 1.21 bits per heavy atom. The quantitative estimate of drug-likeness (QED) is 0.855. The normalized spacial score (nSPS) is 10.8. The average molecular weight is 339 g/mol. The van der Waals surface area contributed by atoms with Gasteiger partial charge in [0.2, 0.25) is 0 Å². The predicted molar refractivity (Wildman–Crippen MR) is 81.7 cm³/mol. The van der Waals surface area contributed by atoms with Gasteiger partial charge in [0.1, 0.15) is 21.7 Å². The standard InChI is InChI=1S/C13H15BrN4S/c1-8(2)13-17-10(15-3)6-12(18-13)19-11-5-4-9(14)7-16-11/h4-8H,1-3H3,(H,15,17,18). The van der Waals surface area contributed by atoms with Gasteiger partial charge in [0.05, 0.1) is 0 Å². The van der Waals surface area contributed by atoms with Crippen LogP contribution >= 0.6 is 27.7 Å². The lowest BCUT2D eigenvalue weighted by atomic mass is 10.2. The van der Waals surface area contributed by atoms with Crippen molar-refractivity contribution < 1.29 is 0 Å². The second kappa shape index (κ2) is 6.34. The van der Waals surface area contributed by atoms with Gasteiger partial charge in [-0.3, -0.25) is 0 Å². The second-order valence-electron chi connectivity index (χ2n) is 4.27. The first kappa shape index (κ1) is 14.3. The maximum absolute atomic E-state index is 4.56. The summed E-state index contributed by atoms with van der Waals surface area (Å²) in [6.45, 7) is 4.17. The Balaban J connectivity index is 2.28. The van der Waals surface area contributed by atoms with Gasteiger partial charge < -0.3 is 5.32 Å². The van der Waals surface area contributed by atoms with E-state index >= 15 is 0 Å². The number of hydrogen-bond donors (Lipinski definition) is 1. The topological polar surface area (TPSA) is 50.7 Å². The van der Waals surface area contributed by atoms with Crippen LogP contribution in [0.15, 0.2) is 38.9 Å². The summed E-state index contributed by atoms with van der Waals surface area (Å²) >= 11 is 4.91. The van der Waals surface area contributed by atoms with E-state index in [1.807, 2.05) is 25.2 Å². The fourth-order valence-electron chi connectivity index (χ4n) is 1.41. The van der Waals surface area contributed by atoms with Crippen molar-refractivity contribution in [3.05, 3.63) is 34.7 Å². The van der Waals surface area contributed by atoms with Gasteiger partial charge in [-0.15, -0.1) is 0 Å². The molecule has 0 unspecified atom stereocenters. The van der Waals surface area contributed by atoms with Crippen molar-refractivity contribution in [1.29, 1.82) is 0 Å². The molecule has 19 heavy (non-hydrogen) atoms. The second-order valence-corrected chi connectivity index (χ2v) is 6.23. The zero-order valence-corrected chi connectivity index (χ0v) is 13.4. The van der Waals surface area contributed by atoms with Crippen LogP contribution in [0.3, 0.4) is 0 Å². The van der Waals surface area contributed by atoms with Gasteiger partial charge in [0.15, 0.2) is 0 Å². The summed E-state index contributed by atoms with van der Waals surface area (Å²) in [6.07, 6.45) is 1.78. The first-order valence-electron chi connectivity index (χ1n) is 5.94. The summed E-state index contributed by atoms with van der Waals surface area (Å²) in [5.41, 5.74) is 0. The van der Waals surface area contributed by atoms with Gasteiger partial charge >= 0.3 is 0 Å². The van der Waals surface area contributed by atoms with Gasteiger partial charge in [0, 0.05) is 29.7 Å². The summed E-state index contributed by atoms with van der Waals surface area (Å²) in [5.74, 6) is 1.97. The molecule has 0 aliphatic heterocycles. The van der Waals surface area contributed by atoms with Crippen LogP contribution in [0.1, 0.15) is 25.6 Å². The van der Waals surface area contributed by atoms with Crippen molar-refractivity contribution in [2.75, 3.05) is 12.4 Å². The number of nitrogens with one attached hydrogen (secondary N) is 1. The van der Waals surface area contributed by atoms with Gasteiger partial charge in [-0.25, -0.2) is 15.0 Å². The highest BCUT2D eigenvalue weighted by atomic mass is 79.9. The monoisotopic (exact) mass is 338 g/mol. The zero-order valence-electron chi connectivity index (χ0n) is 11.0. The molecule has 100 valence electrons. The smallest absolute Gasteiger partial charge is 0.134 e. The SMILES string of the molecule is CNc1cc(Sc2ccc(Br)cn2)nc(C(C)C)n1. The van der Waals surface area contributed by atoms with E-state index < -0.39 is 0 Å². The summed E-state index contributed by atoms with van der Waals surface area (Å²) < 4.78 is 0.971. The first-order chi connectivity index (χ1) is 9.08. The number of pyridine rings is 1. The van der Waals surface area contributed by atoms with Gasteiger partial charge in [-0.1, -0.05) is 13.8 Å². The van der Waals surface area contributed by atoms with Crippen molar-refractivity contribution >= 4 is 33.5 Å². The van der Waals surface area contributed by atoms with Crippen molar-refractivity contribution in [1.82, 2.24) is 15.0 Å². The number of anilines is 1. The highest BCUT2D eigenvalue weighted by Gasteiger charge is 2.09. The Hall–Kier alpha value is -1.14. The fraction of sp³-hybridized carbons (Fsp3) is 0.308. The van der Waals surface area contributed by atoms with Crippen LogP contribution in [-0.2, 0) is 0 Å². The molecule has 0 radical (unpaired) electrons. The van der Waals surface area contributed by atoms with Gasteiger partial charge in [-0.2, -0.15) is 0 Å². The van der Waals surface area contributed by atoms with E-state index in [0.717, 1.165) is 26.2 Å². The maximum Gasteiger partial charge on any atom is 0.134 e. The molecule has 0 bridgehead atoms. The van der Waals surface area contributed by atoms with E-state index in [2.05, 4.69) is 50.0 Å². The van der Waals surface area contributed by atoms with Crippen molar-refractivity contribution in [2.45, 2.75) is 29.8 Å². The molecule has 2 heterocycles. The number of rotatable bonds is 4. The molecule has 6 heteroatoms. The lowest BCUT2D eigenvalue weighted by Crippen LogP contribution is -2.02. The molecule has 0 aliphatic carbocycles. The van der Waals surface area contributed by atoms with Crippen molar-refractivity contribution in [3.8, 4) is 0 Å². The Bertz CT molecular complexity index is 557. The third-order valence-corrected chi connectivity index (χ3v) is 3.74. The minimum Gasteiger partial charge on any atom is -0.373 e. The third kappa shape index (κ3) is 3.91. The van der Waals surface area contributed by atoms with E-state index in [4.69, 9.17) is 0 Å². The van der Waals surface area contributed by atoms with Crippen LogP contribution in [0.25, 0.3) is 0 Å². The van der Waals surface area contributed by atoms with Gasteiger partial charge in [0.25, 0.3) is 0 Å². The Morgan fingerprint density at radius 3 is 2.58 bits per heavy atom. The predicted octanol–water partition coefficient (Wildman–Crippen LogP) is 3.95. The molecular weight excluding hydrogens is 324 g/mol. The van der Waals surface area contributed by atoms with Crippen molar-refractivity contribution in [3.63, 3.8) is 0 Å².